The lowest BCUT2D eigenvalue weighted by atomic mass is 9.88. The molecule has 0 spiro atoms. The van der Waals surface area contributed by atoms with Gasteiger partial charge >= 0.3 is 0 Å². The molecule has 0 amide bonds. The Hall–Kier alpha value is -1.63. The molecule has 2 fully saturated rings. The summed E-state index contributed by atoms with van der Waals surface area (Å²) in [6.45, 7) is 0. The van der Waals surface area contributed by atoms with Gasteiger partial charge in [0.05, 0.1) is 5.69 Å². The summed E-state index contributed by atoms with van der Waals surface area (Å²) in [6, 6.07) is 2.45. The van der Waals surface area contributed by atoms with Crippen molar-refractivity contribution in [2.75, 3.05) is 0 Å². The minimum Gasteiger partial charge on any atom is -0.311 e. The van der Waals surface area contributed by atoms with Crippen LogP contribution in [0.5, 0.6) is 0 Å². The van der Waals surface area contributed by atoms with Crippen LogP contribution >= 0.6 is 0 Å². The molecule has 0 aliphatic carbocycles. The smallest absolute Gasteiger partial charge is 0.280 e. The molecule has 1 N–H and O–H groups in total. The van der Waals surface area contributed by atoms with Crippen LogP contribution in [-0.4, -0.2) is 31.7 Å². The van der Waals surface area contributed by atoms with E-state index in [1.165, 1.54) is 18.8 Å². The summed E-state index contributed by atoms with van der Waals surface area (Å²) in [4.78, 5) is 7.84. The lowest BCUT2D eigenvalue weighted by Gasteiger charge is -2.30. The Labute approximate surface area is 114 Å². The first kappa shape index (κ1) is 12.1. The second-order valence-electron chi connectivity index (χ2n) is 5.61. The summed E-state index contributed by atoms with van der Waals surface area (Å²) < 4.78 is 27.6. The summed E-state index contributed by atoms with van der Waals surface area (Å²) in [6.07, 6.45) is 3.15. The van der Waals surface area contributed by atoms with Gasteiger partial charge in [0.1, 0.15) is 12.0 Å². The number of alkyl halides is 2. The normalized spacial score (nSPS) is 29.4. The molecule has 2 aliphatic heterocycles. The number of fused-ring (bicyclic) bond motifs is 3. The average Bonchev–Trinajstić information content (AvgIpc) is 3.05. The Morgan fingerprint density at radius 2 is 2.10 bits per heavy atom. The summed E-state index contributed by atoms with van der Waals surface area (Å²) in [5, 5.41) is 7.72. The maximum Gasteiger partial charge on any atom is 0.280 e. The van der Waals surface area contributed by atoms with Gasteiger partial charge in [0, 0.05) is 18.0 Å². The monoisotopic (exact) mass is 279 g/mol. The standard InChI is InChI=1S/C13H15F2N5/c14-12(15)10-5-11(20-13(19-10)16-6-17-20)8-3-1-7-2-4-9(8)18-7/h5-9,12,18H,1-4H2/t7-,8-,9-/m1/s1. The van der Waals surface area contributed by atoms with Crippen molar-refractivity contribution in [3.63, 3.8) is 0 Å². The maximum absolute atomic E-state index is 13.0. The largest absolute Gasteiger partial charge is 0.311 e. The minimum atomic E-state index is -2.58. The molecule has 2 aromatic rings. The molecule has 4 heterocycles. The van der Waals surface area contributed by atoms with Gasteiger partial charge in [-0.1, -0.05) is 0 Å². The second kappa shape index (κ2) is 4.44. The van der Waals surface area contributed by atoms with Gasteiger partial charge in [-0.2, -0.15) is 10.1 Å². The molecule has 4 rings (SSSR count). The first-order valence-electron chi connectivity index (χ1n) is 6.97. The van der Waals surface area contributed by atoms with Crippen LogP contribution in [0, 0.1) is 0 Å². The second-order valence-corrected chi connectivity index (χ2v) is 5.61. The molecular formula is C13H15F2N5. The highest BCUT2D eigenvalue weighted by molar-refractivity contribution is 5.33. The predicted molar refractivity (Wildman–Crippen MR) is 67.7 cm³/mol. The highest BCUT2D eigenvalue weighted by Crippen LogP contribution is 2.38. The van der Waals surface area contributed by atoms with Crippen molar-refractivity contribution in [3.05, 3.63) is 23.8 Å². The van der Waals surface area contributed by atoms with Crippen LogP contribution in [-0.2, 0) is 0 Å². The van der Waals surface area contributed by atoms with E-state index in [1.807, 2.05) is 0 Å². The molecule has 5 nitrogen and oxygen atoms in total. The quantitative estimate of drug-likeness (QED) is 0.914. The Bertz CT molecular complexity index is 641. The molecule has 2 saturated heterocycles. The van der Waals surface area contributed by atoms with Gasteiger partial charge in [-0.15, -0.1) is 0 Å². The molecule has 106 valence electrons. The van der Waals surface area contributed by atoms with Crippen LogP contribution in [0.2, 0.25) is 0 Å². The highest BCUT2D eigenvalue weighted by Gasteiger charge is 2.37. The number of aromatic nitrogens is 4. The molecule has 0 radical (unpaired) electrons. The van der Waals surface area contributed by atoms with E-state index in [9.17, 15) is 8.78 Å². The van der Waals surface area contributed by atoms with Crippen LogP contribution in [0.15, 0.2) is 12.4 Å². The van der Waals surface area contributed by atoms with Gasteiger partial charge in [-0.25, -0.2) is 18.3 Å². The third kappa shape index (κ3) is 1.80. The topological polar surface area (TPSA) is 55.1 Å². The molecule has 0 aromatic carbocycles. The molecule has 3 atom stereocenters. The molecule has 2 aliphatic rings. The van der Waals surface area contributed by atoms with Gasteiger partial charge < -0.3 is 5.32 Å². The van der Waals surface area contributed by atoms with Crippen molar-refractivity contribution in [3.8, 4) is 0 Å². The molecule has 0 saturated carbocycles. The SMILES string of the molecule is FC(F)c1cc([C@@H]2CC[C@@H]3CC[C@H]2N3)n2ncnc2n1. The van der Waals surface area contributed by atoms with Crippen molar-refractivity contribution in [2.45, 2.75) is 50.1 Å². The van der Waals surface area contributed by atoms with E-state index in [0.29, 0.717) is 12.1 Å². The fraction of sp³-hybridized carbons (Fsp3) is 0.615. The van der Waals surface area contributed by atoms with E-state index in [1.54, 1.807) is 4.52 Å². The Morgan fingerprint density at radius 1 is 1.25 bits per heavy atom. The van der Waals surface area contributed by atoms with E-state index >= 15 is 0 Å². The third-order valence-electron chi connectivity index (χ3n) is 4.49. The maximum atomic E-state index is 13.0. The molecule has 2 aromatic heterocycles. The Morgan fingerprint density at radius 3 is 2.95 bits per heavy atom. The van der Waals surface area contributed by atoms with Crippen molar-refractivity contribution in [1.29, 1.82) is 0 Å². The fourth-order valence-corrected chi connectivity index (χ4v) is 3.56. The molecule has 20 heavy (non-hydrogen) atoms. The Kier molecular flexibility index (Phi) is 2.70. The number of hydrogen-bond donors (Lipinski definition) is 1. The van der Waals surface area contributed by atoms with Crippen molar-refractivity contribution < 1.29 is 8.78 Å². The van der Waals surface area contributed by atoms with E-state index in [4.69, 9.17) is 0 Å². The first-order chi connectivity index (χ1) is 9.72. The number of rotatable bonds is 2. The van der Waals surface area contributed by atoms with E-state index < -0.39 is 6.43 Å². The predicted octanol–water partition coefficient (Wildman–Crippen LogP) is 2.06. The molecule has 0 unspecified atom stereocenters. The van der Waals surface area contributed by atoms with Crippen molar-refractivity contribution in [2.24, 2.45) is 0 Å². The van der Waals surface area contributed by atoms with Gasteiger partial charge in [-0.05, 0) is 31.7 Å². The lowest BCUT2D eigenvalue weighted by molar-refractivity contribution is 0.146. The zero-order chi connectivity index (χ0) is 13.7. The zero-order valence-electron chi connectivity index (χ0n) is 10.8. The number of piperidine rings is 1. The third-order valence-corrected chi connectivity index (χ3v) is 4.49. The first-order valence-corrected chi connectivity index (χ1v) is 6.97. The fourth-order valence-electron chi connectivity index (χ4n) is 3.56. The number of nitrogens with one attached hydrogen (secondary N) is 1. The van der Waals surface area contributed by atoms with E-state index in [-0.39, 0.29) is 17.4 Å². The van der Waals surface area contributed by atoms with Crippen LogP contribution in [0.4, 0.5) is 8.78 Å². The van der Waals surface area contributed by atoms with E-state index in [2.05, 4.69) is 20.4 Å². The highest BCUT2D eigenvalue weighted by atomic mass is 19.3. The summed E-state index contributed by atoms with van der Waals surface area (Å²) in [5.74, 6) is 0.469. The molecule has 7 heteroatoms. The average molecular weight is 279 g/mol. The van der Waals surface area contributed by atoms with Crippen molar-refractivity contribution in [1.82, 2.24) is 24.9 Å². The van der Waals surface area contributed by atoms with Crippen molar-refractivity contribution >= 4 is 5.78 Å². The van der Waals surface area contributed by atoms with Crippen LogP contribution in [0.1, 0.15) is 49.4 Å². The summed E-state index contributed by atoms with van der Waals surface area (Å²) >= 11 is 0. The molecule has 2 bridgehead atoms. The number of halogens is 2. The van der Waals surface area contributed by atoms with Gasteiger partial charge in [-0.3, -0.25) is 0 Å². The van der Waals surface area contributed by atoms with Crippen LogP contribution < -0.4 is 5.32 Å². The van der Waals surface area contributed by atoms with Gasteiger partial charge in [0.15, 0.2) is 0 Å². The molecular weight excluding hydrogens is 264 g/mol. The summed E-state index contributed by atoms with van der Waals surface area (Å²) in [5.41, 5.74) is 0.598. The van der Waals surface area contributed by atoms with E-state index in [0.717, 1.165) is 25.0 Å². The lowest BCUT2D eigenvalue weighted by Crippen LogP contribution is -2.39. The zero-order valence-corrected chi connectivity index (χ0v) is 10.8. The minimum absolute atomic E-state index is 0.207. The van der Waals surface area contributed by atoms with Gasteiger partial charge in [0.2, 0.25) is 0 Å². The number of nitrogens with zero attached hydrogens (tertiary/aromatic N) is 4. The Balaban J connectivity index is 1.83. The van der Waals surface area contributed by atoms with Crippen LogP contribution in [0.3, 0.4) is 0 Å². The van der Waals surface area contributed by atoms with Crippen LogP contribution in [0.25, 0.3) is 5.78 Å². The summed E-state index contributed by atoms with van der Waals surface area (Å²) in [7, 11) is 0. The van der Waals surface area contributed by atoms with Gasteiger partial charge in [0.25, 0.3) is 12.2 Å². The number of hydrogen-bond acceptors (Lipinski definition) is 4.